The van der Waals surface area contributed by atoms with E-state index in [0.29, 0.717) is 27.8 Å². The molecule has 2 heterocycles. The molecule has 0 unspecified atom stereocenters. The molecule has 0 aliphatic carbocycles. The molecule has 146 valence electrons. The van der Waals surface area contributed by atoms with E-state index in [2.05, 4.69) is 15.5 Å². The number of nitrogens with one attached hydrogen (secondary N) is 1. The molecule has 3 amide bonds. The molecule has 29 heavy (non-hydrogen) atoms. The molecule has 0 saturated carbocycles. The van der Waals surface area contributed by atoms with Gasteiger partial charge in [0, 0.05) is 27.4 Å². The van der Waals surface area contributed by atoms with Crippen LogP contribution in [0.15, 0.2) is 59.8 Å². The first-order chi connectivity index (χ1) is 14.0. The molecule has 4 rings (SSSR count). The molecule has 1 N–H and O–H groups in total. The summed E-state index contributed by atoms with van der Waals surface area (Å²) in [5.41, 5.74) is 3.17. The van der Waals surface area contributed by atoms with Crippen LogP contribution in [0.2, 0.25) is 10.0 Å². The number of imide groups is 1. The number of amides is 3. The Kier molecular flexibility index (Phi) is 5.33. The number of hydrogen-bond donors (Lipinski definition) is 1. The molecule has 1 aliphatic rings. The molecule has 7 nitrogen and oxygen atoms in total. The van der Waals surface area contributed by atoms with Crippen LogP contribution in [0.25, 0.3) is 11.3 Å². The SMILES string of the molecule is O=C1CN(/N=C/c2cn(Cc3ccc(Cl)cc3Cl)nc2-c2ccccc2)C(=O)N1. The largest absolute Gasteiger partial charge is 0.344 e. The Morgan fingerprint density at radius 3 is 2.62 bits per heavy atom. The summed E-state index contributed by atoms with van der Waals surface area (Å²) in [6.07, 6.45) is 3.33. The Hall–Kier alpha value is -3.16. The Labute approximate surface area is 176 Å². The summed E-state index contributed by atoms with van der Waals surface area (Å²) < 4.78 is 1.74. The third kappa shape index (κ3) is 4.31. The number of nitrogens with zero attached hydrogens (tertiary/aromatic N) is 4. The van der Waals surface area contributed by atoms with Crippen LogP contribution in [0.5, 0.6) is 0 Å². The van der Waals surface area contributed by atoms with Crippen LogP contribution in [-0.2, 0) is 11.3 Å². The standard InChI is InChI=1S/C20H15Cl2N5O2/c21-16-7-6-14(17(22)8-16)10-26-11-15(9-23-27-12-18(28)24-20(27)29)19(25-26)13-4-2-1-3-5-13/h1-9,11H,10,12H2,(H,24,28,29)/b23-9+. The van der Waals surface area contributed by atoms with E-state index in [9.17, 15) is 9.59 Å². The number of benzene rings is 2. The highest BCUT2D eigenvalue weighted by molar-refractivity contribution is 6.35. The van der Waals surface area contributed by atoms with Crippen LogP contribution in [0.3, 0.4) is 0 Å². The van der Waals surface area contributed by atoms with Crippen LogP contribution >= 0.6 is 23.2 Å². The zero-order valence-electron chi connectivity index (χ0n) is 15.0. The second-order valence-electron chi connectivity index (χ2n) is 6.39. The summed E-state index contributed by atoms with van der Waals surface area (Å²) in [6.45, 7) is 0.330. The van der Waals surface area contributed by atoms with Crippen molar-refractivity contribution >= 4 is 41.4 Å². The average Bonchev–Trinajstić information content (AvgIpc) is 3.25. The fourth-order valence-electron chi connectivity index (χ4n) is 2.91. The third-order valence-electron chi connectivity index (χ3n) is 4.30. The van der Waals surface area contributed by atoms with E-state index in [-0.39, 0.29) is 12.5 Å². The molecule has 1 aromatic heterocycles. The molecule has 1 saturated heterocycles. The normalized spacial score (nSPS) is 14.1. The summed E-state index contributed by atoms with van der Waals surface area (Å²) in [5.74, 6) is -0.386. The zero-order chi connectivity index (χ0) is 20.4. The van der Waals surface area contributed by atoms with Gasteiger partial charge in [-0.2, -0.15) is 10.2 Å². The van der Waals surface area contributed by atoms with E-state index < -0.39 is 6.03 Å². The number of urea groups is 1. The number of carbonyl (C=O) groups is 2. The molecule has 0 spiro atoms. The molecule has 3 aromatic rings. The summed E-state index contributed by atoms with van der Waals surface area (Å²) in [4.78, 5) is 23.0. The average molecular weight is 428 g/mol. The summed E-state index contributed by atoms with van der Waals surface area (Å²) in [5, 5.41) is 13.2. The number of halogens is 2. The first-order valence-corrected chi connectivity index (χ1v) is 9.47. The monoisotopic (exact) mass is 427 g/mol. The van der Waals surface area contributed by atoms with Crippen LogP contribution in [0.4, 0.5) is 4.79 Å². The minimum absolute atomic E-state index is 0.107. The maximum atomic E-state index is 11.7. The topological polar surface area (TPSA) is 79.6 Å². The first-order valence-electron chi connectivity index (χ1n) is 8.72. The summed E-state index contributed by atoms with van der Waals surface area (Å²) >= 11 is 12.3. The first kappa shape index (κ1) is 19.2. The van der Waals surface area contributed by atoms with Gasteiger partial charge in [0.15, 0.2) is 0 Å². The highest BCUT2D eigenvalue weighted by atomic mass is 35.5. The van der Waals surface area contributed by atoms with Crippen molar-refractivity contribution in [3.05, 3.63) is 75.9 Å². The van der Waals surface area contributed by atoms with Crippen molar-refractivity contribution in [2.24, 2.45) is 5.10 Å². The quantitative estimate of drug-likeness (QED) is 0.496. The molecular weight excluding hydrogens is 413 g/mol. The smallest absolute Gasteiger partial charge is 0.275 e. The van der Waals surface area contributed by atoms with Crippen LogP contribution in [-0.4, -0.2) is 39.5 Å². The molecular formula is C20H15Cl2N5O2. The van der Waals surface area contributed by atoms with E-state index in [1.807, 2.05) is 42.6 Å². The van der Waals surface area contributed by atoms with Crippen LogP contribution in [0.1, 0.15) is 11.1 Å². The zero-order valence-corrected chi connectivity index (χ0v) is 16.6. The van der Waals surface area contributed by atoms with Gasteiger partial charge < -0.3 is 0 Å². The predicted molar refractivity (Wildman–Crippen MR) is 111 cm³/mol. The van der Waals surface area contributed by atoms with Crippen LogP contribution in [0, 0.1) is 0 Å². The number of hydrazone groups is 1. The fraction of sp³-hybridized carbons (Fsp3) is 0.100. The highest BCUT2D eigenvalue weighted by Crippen LogP contribution is 2.24. The van der Waals surface area contributed by atoms with E-state index in [1.165, 1.54) is 6.21 Å². The second kappa shape index (κ2) is 8.06. The Morgan fingerprint density at radius 1 is 1.14 bits per heavy atom. The lowest BCUT2D eigenvalue weighted by Crippen LogP contribution is -2.24. The lowest BCUT2D eigenvalue weighted by molar-refractivity contribution is -0.118. The Balaban J connectivity index is 1.67. The molecule has 0 bridgehead atoms. The second-order valence-corrected chi connectivity index (χ2v) is 7.23. The summed E-state index contributed by atoms with van der Waals surface area (Å²) in [6, 6.07) is 14.4. The minimum Gasteiger partial charge on any atom is -0.275 e. The molecule has 2 aromatic carbocycles. The van der Waals surface area contributed by atoms with Crippen molar-refractivity contribution < 1.29 is 9.59 Å². The Bertz CT molecular complexity index is 1110. The van der Waals surface area contributed by atoms with Gasteiger partial charge >= 0.3 is 6.03 Å². The molecule has 1 fully saturated rings. The van der Waals surface area contributed by atoms with E-state index in [4.69, 9.17) is 23.2 Å². The van der Waals surface area contributed by atoms with Gasteiger partial charge in [0.25, 0.3) is 0 Å². The van der Waals surface area contributed by atoms with E-state index in [1.54, 1.807) is 16.8 Å². The lowest BCUT2D eigenvalue weighted by atomic mass is 10.1. The predicted octanol–water partition coefficient (Wildman–Crippen LogP) is 3.79. The van der Waals surface area contributed by atoms with Crippen LogP contribution < -0.4 is 5.32 Å². The van der Waals surface area contributed by atoms with Gasteiger partial charge in [-0.05, 0) is 17.7 Å². The minimum atomic E-state index is -0.548. The third-order valence-corrected chi connectivity index (χ3v) is 4.88. The van der Waals surface area contributed by atoms with Gasteiger partial charge in [-0.15, -0.1) is 0 Å². The summed E-state index contributed by atoms with van der Waals surface area (Å²) in [7, 11) is 0. The number of hydrogen-bond acceptors (Lipinski definition) is 4. The van der Waals surface area contributed by atoms with Crippen molar-refractivity contribution in [1.29, 1.82) is 0 Å². The van der Waals surface area contributed by atoms with Gasteiger partial charge in [-0.1, -0.05) is 59.6 Å². The maximum absolute atomic E-state index is 11.7. The van der Waals surface area contributed by atoms with E-state index >= 15 is 0 Å². The van der Waals surface area contributed by atoms with E-state index in [0.717, 1.165) is 16.1 Å². The number of aromatic nitrogens is 2. The van der Waals surface area contributed by atoms with Gasteiger partial charge in [-0.3, -0.25) is 14.8 Å². The number of carbonyl (C=O) groups excluding carboxylic acids is 2. The molecule has 0 atom stereocenters. The highest BCUT2D eigenvalue weighted by Gasteiger charge is 2.26. The maximum Gasteiger partial charge on any atom is 0.344 e. The van der Waals surface area contributed by atoms with Crippen molar-refractivity contribution in [3.63, 3.8) is 0 Å². The lowest BCUT2D eigenvalue weighted by Gasteiger charge is -2.05. The molecule has 9 heteroatoms. The molecule has 1 aliphatic heterocycles. The van der Waals surface area contributed by atoms with Crippen molar-refractivity contribution in [3.8, 4) is 11.3 Å². The van der Waals surface area contributed by atoms with Gasteiger partial charge in [0.05, 0.1) is 12.8 Å². The van der Waals surface area contributed by atoms with Gasteiger partial charge in [0.1, 0.15) is 12.2 Å². The van der Waals surface area contributed by atoms with Crippen molar-refractivity contribution in [2.75, 3.05) is 6.54 Å². The van der Waals surface area contributed by atoms with Gasteiger partial charge in [-0.25, -0.2) is 9.80 Å². The van der Waals surface area contributed by atoms with Gasteiger partial charge in [0.2, 0.25) is 5.91 Å². The van der Waals surface area contributed by atoms with Crippen molar-refractivity contribution in [1.82, 2.24) is 20.1 Å². The fourth-order valence-corrected chi connectivity index (χ4v) is 3.38. The Morgan fingerprint density at radius 2 is 1.93 bits per heavy atom. The number of rotatable bonds is 5. The molecule has 0 radical (unpaired) electrons. The van der Waals surface area contributed by atoms with Crippen molar-refractivity contribution in [2.45, 2.75) is 6.54 Å².